The smallest absolute Gasteiger partial charge is 0.328 e. The average Bonchev–Trinajstić information content (AvgIpc) is 2.57. The van der Waals surface area contributed by atoms with Gasteiger partial charge in [0.2, 0.25) is 0 Å². The standard InChI is InChI=1S/C18H11Br2FN2O4/c19-13-6-10(5-12-16(24)22-18(26)23-17(12)25)7-14(20)15(13)27-8-9-2-1-3-11(21)4-9/h1-7H,8H2,(H2,22,23,24,25,26). The van der Waals surface area contributed by atoms with E-state index >= 15 is 0 Å². The molecule has 3 rings (SSSR count). The van der Waals surface area contributed by atoms with Crippen LogP contribution in [0.2, 0.25) is 0 Å². The monoisotopic (exact) mass is 496 g/mol. The number of rotatable bonds is 4. The van der Waals surface area contributed by atoms with Gasteiger partial charge in [-0.1, -0.05) is 12.1 Å². The van der Waals surface area contributed by atoms with Crippen LogP contribution in [0.15, 0.2) is 50.9 Å². The molecule has 27 heavy (non-hydrogen) atoms. The van der Waals surface area contributed by atoms with Gasteiger partial charge in [0.05, 0.1) is 8.95 Å². The molecule has 2 aromatic rings. The highest BCUT2D eigenvalue weighted by atomic mass is 79.9. The number of carbonyl (C=O) groups excluding carboxylic acids is 3. The summed E-state index contributed by atoms with van der Waals surface area (Å²) in [5, 5.41) is 4.01. The molecule has 0 spiro atoms. The molecule has 1 saturated heterocycles. The van der Waals surface area contributed by atoms with E-state index in [1.165, 1.54) is 18.2 Å². The van der Waals surface area contributed by atoms with Gasteiger partial charge >= 0.3 is 6.03 Å². The largest absolute Gasteiger partial charge is 0.487 e. The van der Waals surface area contributed by atoms with E-state index in [0.29, 0.717) is 25.8 Å². The zero-order valence-electron chi connectivity index (χ0n) is 13.5. The first-order valence-electron chi connectivity index (χ1n) is 7.58. The zero-order valence-corrected chi connectivity index (χ0v) is 16.7. The fourth-order valence-corrected chi connectivity index (χ4v) is 3.81. The molecule has 1 aliphatic heterocycles. The van der Waals surface area contributed by atoms with Crippen molar-refractivity contribution >= 4 is 55.8 Å². The molecule has 138 valence electrons. The van der Waals surface area contributed by atoms with Crippen LogP contribution in [-0.4, -0.2) is 17.8 Å². The molecule has 0 saturated carbocycles. The van der Waals surface area contributed by atoms with Crippen molar-refractivity contribution < 1.29 is 23.5 Å². The summed E-state index contributed by atoms with van der Waals surface area (Å²) in [4.78, 5) is 34.7. The number of benzene rings is 2. The molecule has 6 nitrogen and oxygen atoms in total. The van der Waals surface area contributed by atoms with E-state index < -0.39 is 17.8 Å². The highest BCUT2D eigenvalue weighted by Gasteiger charge is 2.27. The number of carbonyl (C=O) groups is 3. The van der Waals surface area contributed by atoms with Crippen LogP contribution in [0.1, 0.15) is 11.1 Å². The lowest BCUT2D eigenvalue weighted by molar-refractivity contribution is -0.123. The number of ether oxygens (including phenoxy) is 1. The van der Waals surface area contributed by atoms with Crippen molar-refractivity contribution in [1.29, 1.82) is 0 Å². The Kier molecular flexibility index (Phi) is 5.71. The Labute approximate surface area is 170 Å². The van der Waals surface area contributed by atoms with Crippen LogP contribution in [0.25, 0.3) is 6.08 Å². The number of hydrogen-bond acceptors (Lipinski definition) is 4. The van der Waals surface area contributed by atoms with E-state index in [9.17, 15) is 18.8 Å². The molecule has 0 aromatic heterocycles. The second kappa shape index (κ2) is 8.01. The lowest BCUT2D eigenvalue weighted by atomic mass is 10.1. The van der Waals surface area contributed by atoms with Crippen molar-refractivity contribution in [3.05, 3.63) is 67.9 Å². The molecule has 0 bridgehead atoms. The predicted octanol–water partition coefficient (Wildman–Crippen LogP) is 3.68. The van der Waals surface area contributed by atoms with Gasteiger partial charge in [-0.05, 0) is 73.3 Å². The van der Waals surface area contributed by atoms with Gasteiger partial charge in [0.25, 0.3) is 11.8 Å². The van der Waals surface area contributed by atoms with Gasteiger partial charge in [-0.3, -0.25) is 20.2 Å². The van der Waals surface area contributed by atoms with Gasteiger partial charge in [0.1, 0.15) is 23.7 Å². The Bertz CT molecular complexity index is 946. The van der Waals surface area contributed by atoms with Crippen molar-refractivity contribution in [3.8, 4) is 5.75 Å². The van der Waals surface area contributed by atoms with Crippen molar-refractivity contribution in [2.45, 2.75) is 6.61 Å². The van der Waals surface area contributed by atoms with Gasteiger partial charge < -0.3 is 4.74 Å². The van der Waals surface area contributed by atoms with Crippen LogP contribution in [0.3, 0.4) is 0 Å². The van der Waals surface area contributed by atoms with Crippen LogP contribution in [0.5, 0.6) is 5.75 Å². The summed E-state index contributed by atoms with van der Waals surface area (Å²) >= 11 is 6.75. The minimum Gasteiger partial charge on any atom is -0.487 e. The maximum absolute atomic E-state index is 13.2. The molecule has 2 aromatic carbocycles. The van der Waals surface area contributed by atoms with Gasteiger partial charge in [-0.25, -0.2) is 9.18 Å². The van der Waals surface area contributed by atoms with Gasteiger partial charge in [0.15, 0.2) is 0 Å². The summed E-state index contributed by atoms with van der Waals surface area (Å²) in [5.74, 6) is -1.42. The van der Waals surface area contributed by atoms with Gasteiger partial charge in [-0.2, -0.15) is 0 Å². The molecule has 0 aliphatic carbocycles. The summed E-state index contributed by atoms with van der Waals surface area (Å²) in [6, 6.07) is 8.51. The third-order valence-electron chi connectivity index (χ3n) is 3.55. The normalized spacial score (nSPS) is 13.9. The Morgan fingerprint density at radius 3 is 2.22 bits per heavy atom. The van der Waals surface area contributed by atoms with Gasteiger partial charge in [-0.15, -0.1) is 0 Å². The lowest BCUT2D eigenvalue weighted by Gasteiger charge is -2.15. The first kappa shape index (κ1) is 19.2. The molecule has 1 heterocycles. The molecule has 1 fully saturated rings. The van der Waals surface area contributed by atoms with E-state index in [-0.39, 0.29) is 18.0 Å². The summed E-state index contributed by atoms with van der Waals surface area (Å²) < 4.78 is 20.1. The van der Waals surface area contributed by atoms with Crippen molar-refractivity contribution in [2.75, 3.05) is 0 Å². The first-order chi connectivity index (χ1) is 12.8. The van der Waals surface area contributed by atoms with E-state index in [1.807, 2.05) is 10.6 Å². The third-order valence-corrected chi connectivity index (χ3v) is 4.73. The molecule has 0 atom stereocenters. The average molecular weight is 498 g/mol. The highest BCUT2D eigenvalue weighted by Crippen LogP contribution is 2.36. The van der Waals surface area contributed by atoms with E-state index in [4.69, 9.17) is 4.74 Å². The van der Waals surface area contributed by atoms with Crippen LogP contribution in [0, 0.1) is 5.82 Å². The van der Waals surface area contributed by atoms with Gasteiger partial charge in [0, 0.05) is 0 Å². The second-order valence-corrected chi connectivity index (χ2v) is 7.24. The second-order valence-electron chi connectivity index (χ2n) is 5.53. The molecular weight excluding hydrogens is 487 g/mol. The molecule has 1 aliphatic rings. The van der Waals surface area contributed by atoms with E-state index in [2.05, 4.69) is 31.9 Å². The topological polar surface area (TPSA) is 84.5 Å². The number of nitrogens with one attached hydrogen (secondary N) is 2. The van der Waals surface area contributed by atoms with Crippen LogP contribution < -0.4 is 15.4 Å². The fourth-order valence-electron chi connectivity index (χ4n) is 2.36. The number of hydrogen-bond donors (Lipinski definition) is 2. The van der Waals surface area contributed by atoms with Crippen molar-refractivity contribution in [3.63, 3.8) is 0 Å². The number of halogens is 3. The van der Waals surface area contributed by atoms with Crippen molar-refractivity contribution in [2.24, 2.45) is 0 Å². The minimum absolute atomic E-state index is 0.155. The minimum atomic E-state index is -0.856. The SMILES string of the molecule is O=C1NC(=O)C(=Cc2cc(Br)c(OCc3cccc(F)c3)c(Br)c2)C(=O)N1. The fraction of sp³-hybridized carbons (Fsp3) is 0.0556. The maximum Gasteiger partial charge on any atom is 0.328 e. The Morgan fingerprint density at radius 2 is 1.63 bits per heavy atom. The number of urea groups is 1. The van der Waals surface area contributed by atoms with Crippen LogP contribution in [0.4, 0.5) is 9.18 Å². The summed E-state index contributed by atoms with van der Waals surface area (Å²) in [6.07, 6.45) is 1.35. The highest BCUT2D eigenvalue weighted by molar-refractivity contribution is 9.11. The van der Waals surface area contributed by atoms with Crippen LogP contribution >= 0.6 is 31.9 Å². The quantitative estimate of drug-likeness (QED) is 0.498. The molecule has 4 amide bonds. The predicted molar refractivity (Wildman–Crippen MR) is 102 cm³/mol. The summed E-state index contributed by atoms with van der Waals surface area (Å²) in [7, 11) is 0. The molecular formula is C18H11Br2FN2O4. The van der Waals surface area contributed by atoms with E-state index in [0.717, 1.165) is 0 Å². The molecule has 9 heteroatoms. The van der Waals surface area contributed by atoms with Crippen molar-refractivity contribution in [1.82, 2.24) is 10.6 Å². The molecule has 0 unspecified atom stereocenters. The Morgan fingerprint density at radius 1 is 1.00 bits per heavy atom. The van der Waals surface area contributed by atoms with Crippen LogP contribution in [-0.2, 0) is 16.2 Å². The zero-order chi connectivity index (χ0) is 19.6. The first-order valence-corrected chi connectivity index (χ1v) is 9.17. The Balaban J connectivity index is 1.82. The Hall–Kier alpha value is -2.52. The lowest BCUT2D eigenvalue weighted by Crippen LogP contribution is -2.51. The molecule has 0 radical (unpaired) electrons. The summed E-state index contributed by atoms with van der Waals surface area (Å²) in [6.45, 7) is 0.155. The number of imide groups is 2. The van der Waals surface area contributed by atoms with E-state index in [1.54, 1.807) is 24.3 Å². The molecule has 2 N–H and O–H groups in total. The number of amides is 4. The summed E-state index contributed by atoms with van der Waals surface area (Å²) in [5.41, 5.74) is 1.00. The number of barbiturate groups is 1. The maximum atomic E-state index is 13.2. The third kappa shape index (κ3) is 4.61.